The van der Waals surface area contributed by atoms with Crippen LogP contribution in [0, 0.1) is 41.5 Å². The number of hydrogen-bond acceptors (Lipinski definition) is 3. The van der Waals surface area contributed by atoms with Gasteiger partial charge in [0.25, 0.3) is 0 Å². The van der Waals surface area contributed by atoms with Gasteiger partial charge in [0, 0.05) is 5.02 Å². The van der Waals surface area contributed by atoms with Crippen molar-refractivity contribution in [2.45, 2.75) is 41.5 Å². The molecule has 7 heteroatoms. The van der Waals surface area contributed by atoms with E-state index in [0.717, 1.165) is 33.6 Å². The van der Waals surface area contributed by atoms with Crippen LogP contribution in [0.15, 0.2) is 46.4 Å². The summed E-state index contributed by atoms with van der Waals surface area (Å²) in [6.45, 7) is 12.5. The molecule has 0 N–H and O–H groups in total. The molecule has 0 aliphatic heterocycles. The van der Waals surface area contributed by atoms with Crippen molar-refractivity contribution in [2.24, 2.45) is 9.98 Å². The van der Waals surface area contributed by atoms with E-state index in [1.54, 1.807) is 12.4 Å². The second-order valence-corrected chi connectivity index (χ2v) is 8.08. The zero-order valence-electron chi connectivity index (χ0n) is 18.9. The predicted octanol–water partition coefficient (Wildman–Crippen LogP) is 1.09. The summed E-state index contributed by atoms with van der Waals surface area (Å²) in [5, 5.41) is 0.609. The van der Waals surface area contributed by atoms with Crippen molar-refractivity contribution in [2.75, 3.05) is 0 Å². The summed E-state index contributed by atoms with van der Waals surface area (Å²) in [6.07, 6.45) is 3.52. The molecule has 0 bridgehead atoms. The molecule has 0 atom stereocenters. The van der Waals surface area contributed by atoms with Crippen molar-refractivity contribution in [3.8, 4) is 0 Å². The Balaban J connectivity index is 0.00000320. The predicted molar refractivity (Wildman–Crippen MR) is 125 cm³/mol. The molecule has 0 fully saturated rings. The summed E-state index contributed by atoms with van der Waals surface area (Å²) >= 11 is 6.32. The van der Waals surface area contributed by atoms with E-state index in [4.69, 9.17) is 11.6 Å². The van der Waals surface area contributed by atoms with Crippen molar-refractivity contribution < 1.29 is 41.9 Å². The molecule has 2 aromatic carbocycles. The Kier molecular flexibility index (Phi) is 12.4. The van der Waals surface area contributed by atoms with E-state index in [2.05, 4.69) is 80.8 Å². The largest absolute Gasteiger partial charge is 2.00 e. The summed E-state index contributed by atoms with van der Waals surface area (Å²) in [5.74, 6) is 0. The topological polar surface area (TPSA) is 37.6 Å². The third kappa shape index (κ3) is 7.72. The van der Waals surface area contributed by atoms with E-state index in [1.807, 2.05) is 12.1 Å². The number of halogens is 3. The Morgan fingerprint density at radius 3 is 1.25 bits per heavy atom. The Bertz CT molecular complexity index is 1010. The van der Waals surface area contributed by atoms with Crippen molar-refractivity contribution in [3.05, 3.63) is 86.2 Å². The van der Waals surface area contributed by atoms with Gasteiger partial charge in [-0.3, -0.25) is 9.98 Å². The average molecular weight is 531 g/mol. The summed E-state index contributed by atoms with van der Waals surface area (Å²) in [5.41, 5.74) is 10.4. The summed E-state index contributed by atoms with van der Waals surface area (Å²) in [6, 6.07) is 12.2. The van der Waals surface area contributed by atoms with Gasteiger partial charge in [-0.1, -0.05) is 47.0 Å². The molecule has 3 nitrogen and oxygen atoms in total. The van der Waals surface area contributed by atoms with Gasteiger partial charge >= 0.3 is 17.1 Å². The second kappa shape index (κ2) is 13.1. The zero-order chi connectivity index (χ0) is 21.1. The number of pyridine rings is 1. The van der Waals surface area contributed by atoms with Gasteiger partial charge < -0.3 is 24.8 Å². The second-order valence-electron chi connectivity index (χ2n) is 7.65. The van der Waals surface area contributed by atoms with Crippen molar-refractivity contribution in [1.82, 2.24) is 4.98 Å². The van der Waals surface area contributed by atoms with Gasteiger partial charge in [-0.25, -0.2) is 4.98 Å². The molecular weight excluding hydrogens is 505 g/mol. The molecule has 0 amide bonds. The van der Waals surface area contributed by atoms with E-state index < -0.39 is 0 Å². The fourth-order valence-corrected chi connectivity index (χ4v) is 3.91. The first-order valence-electron chi connectivity index (χ1n) is 9.64. The maximum absolute atomic E-state index is 6.32. The Morgan fingerprint density at radius 2 is 0.938 bits per heavy atom. The van der Waals surface area contributed by atoms with Gasteiger partial charge in [0.1, 0.15) is 0 Å². The molecule has 0 spiro atoms. The Hall–Kier alpha value is -1.68. The van der Waals surface area contributed by atoms with Crippen LogP contribution in [0.5, 0.6) is 0 Å². The molecule has 0 aliphatic carbocycles. The first-order chi connectivity index (χ1) is 13.7. The first kappa shape index (κ1) is 30.3. The number of aromatic nitrogens is 1. The monoisotopic (exact) mass is 529 g/mol. The van der Waals surface area contributed by atoms with Crippen molar-refractivity contribution >= 4 is 35.4 Å². The summed E-state index contributed by atoms with van der Waals surface area (Å²) in [4.78, 5) is 14.0. The molecular formula is C25H26Cl3FeN3. The van der Waals surface area contributed by atoms with Gasteiger partial charge in [0.05, 0.1) is 35.2 Å². The van der Waals surface area contributed by atoms with Crippen LogP contribution in [-0.2, 0) is 17.1 Å². The standard InChI is InChI=1S/C25H26ClN3.2ClH.Fe/c1-15-7-17(3)24(18(4)8-15)27-13-22-11-21(26)12-23(29-22)14-28-25-19(5)9-16(2)10-20(25)6;;;/h7-14H,1-6H3;2*1H;/q;;;+2/p-2. The van der Waals surface area contributed by atoms with E-state index >= 15 is 0 Å². The smallest absolute Gasteiger partial charge is 1.00 e. The third-order valence-electron chi connectivity index (χ3n) is 4.75. The molecule has 0 saturated carbocycles. The van der Waals surface area contributed by atoms with Gasteiger partial charge in [-0.05, 0) is 75.9 Å². The zero-order valence-corrected chi connectivity index (χ0v) is 22.3. The summed E-state index contributed by atoms with van der Waals surface area (Å²) in [7, 11) is 0. The molecule has 0 aliphatic rings. The van der Waals surface area contributed by atoms with Gasteiger partial charge in [0.2, 0.25) is 0 Å². The normalized spacial score (nSPS) is 10.6. The molecule has 0 unspecified atom stereocenters. The third-order valence-corrected chi connectivity index (χ3v) is 4.97. The van der Waals surface area contributed by atoms with Crippen LogP contribution < -0.4 is 24.8 Å². The number of benzene rings is 2. The molecule has 0 radical (unpaired) electrons. The number of nitrogens with zero attached hydrogens (tertiary/aromatic N) is 3. The number of aryl methyl sites for hydroxylation is 6. The van der Waals surface area contributed by atoms with E-state index in [0.29, 0.717) is 16.4 Å². The Morgan fingerprint density at radius 1 is 0.625 bits per heavy atom. The number of rotatable bonds is 4. The number of aliphatic imine (C=N–C) groups is 2. The minimum Gasteiger partial charge on any atom is -1.00 e. The minimum atomic E-state index is 0. The van der Waals surface area contributed by atoms with Crippen LogP contribution >= 0.6 is 11.6 Å². The van der Waals surface area contributed by atoms with Crippen molar-refractivity contribution in [1.29, 1.82) is 0 Å². The first-order valence-corrected chi connectivity index (χ1v) is 10.0. The van der Waals surface area contributed by atoms with Crippen LogP contribution in [-0.4, -0.2) is 17.4 Å². The van der Waals surface area contributed by atoms with Crippen molar-refractivity contribution in [3.63, 3.8) is 0 Å². The van der Waals surface area contributed by atoms with Crippen LogP contribution in [0.2, 0.25) is 5.02 Å². The average Bonchev–Trinajstić information content (AvgIpc) is 2.59. The maximum Gasteiger partial charge on any atom is 2.00 e. The molecule has 1 heterocycles. The van der Waals surface area contributed by atoms with E-state index in [-0.39, 0.29) is 41.9 Å². The van der Waals surface area contributed by atoms with Crippen LogP contribution in [0.4, 0.5) is 11.4 Å². The van der Waals surface area contributed by atoms with Gasteiger partial charge in [-0.15, -0.1) is 0 Å². The molecule has 32 heavy (non-hydrogen) atoms. The molecule has 0 saturated heterocycles. The minimum absolute atomic E-state index is 0. The van der Waals surface area contributed by atoms with Crippen LogP contribution in [0.1, 0.15) is 44.8 Å². The van der Waals surface area contributed by atoms with E-state index in [9.17, 15) is 0 Å². The Labute approximate surface area is 219 Å². The molecule has 170 valence electrons. The SMILES string of the molecule is Cc1cc(C)c(N=Cc2cc(Cl)cc(C=Nc3c(C)cc(C)cc3C)n2)c(C)c1.[Cl-].[Cl-].[Fe+2]. The number of hydrogen-bond donors (Lipinski definition) is 0. The maximum atomic E-state index is 6.32. The molecule has 3 aromatic rings. The quantitative estimate of drug-likeness (QED) is 0.368. The van der Waals surface area contributed by atoms with E-state index in [1.165, 1.54) is 11.1 Å². The fraction of sp³-hybridized carbons (Fsp3) is 0.240. The fourth-order valence-electron chi connectivity index (χ4n) is 3.68. The van der Waals surface area contributed by atoms with Gasteiger partial charge in [0.15, 0.2) is 0 Å². The van der Waals surface area contributed by atoms with Crippen LogP contribution in [0.25, 0.3) is 0 Å². The molecule has 1 aromatic heterocycles. The van der Waals surface area contributed by atoms with Gasteiger partial charge in [-0.2, -0.15) is 0 Å². The van der Waals surface area contributed by atoms with Crippen LogP contribution in [0.3, 0.4) is 0 Å². The summed E-state index contributed by atoms with van der Waals surface area (Å²) < 4.78 is 0. The molecule has 3 rings (SSSR count).